The first kappa shape index (κ1) is 9.20. The molecule has 0 aromatic heterocycles. The van der Waals surface area contributed by atoms with E-state index in [2.05, 4.69) is 11.0 Å². The fourth-order valence-electron chi connectivity index (χ4n) is 1.68. The third kappa shape index (κ3) is 1.77. The zero-order valence-corrected chi connectivity index (χ0v) is 7.85. The van der Waals surface area contributed by atoms with E-state index >= 15 is 0 Å². The number of nitriles is 1. The molecule has 1 aliphatic rings. The van der Waals surface area contributed by atoms with E-state index in [1.807, 2.05) is 24.3 Å². The summed E-state index contributed by atoms with van der Waals surface area (Å²) in [7, 11) is 0. The van der Waals surface area contributed by atoms with Crippen molar-refractivity contribution in [2.45, 2.75) is 12.6 Å². The summed E-state index contributed by atoms with van der Waals surface area (Å²) in [5.74, 6) is 0. The number of hydrogen-bond donors (Lipinski definition) is 1. The van der Waals surface area contributed by atoms with Gasteiger partial charge in [0.15, 0.2) is 0 Å². The Morgan fingerprint density at radius 1 is 1.43 bits per heavy atom. The fourth-order valence-corrected chi connectivity index (χ4v) is 1.68. The highest BCUT2D eigenvalue weighted by molar-refractivity contribution is 5.37. The van der Waals surface area contributed by atoms with Crippen LogP contribution in [0, 0.1) is 11.3 Å². The van der Waals surface area contributed by atoms with Crippen LogP contribution in [-0.2, 0) is 6.54 Å². The summed E-state index contributed by atoms with van der Waals surface area (Å²) in [4.78, 5) is 2.13. The summed E-state index contributed by atoms with van der Waals surface area (Å²) in [6.07, 6.45) is -0.177. The molecule has 0 atom stereocenters. The topological polar surface area (TPSA) is 47.3 Å². The van der Waals surface area contributed by atoms with Crippen LogP contribution in [0.15, 0.2) is 24.3 Å². The third-order valence-corrected chi connectivity index (χ3v) is 2.47. The molecule has 2 rings (SSSR count). The minimum absolute atomic E-state index is 0.177. The van der Waals surface area contributed by atoms with Gasteiger partial charge < -0.3 is 5.11 Å². The highest BCUT2D eigenvalue weighted by atomic mass is 16.3. The smallest absolute Gasteiger partial charge is 0.0995 e. The maximum Gasteiger partial charge on any atom is 0.0995 e. The number of nitrogens with zero attached hydrogens (tertiary/aromatic N) is 2. The molecule has 0 bridgehead atoms. The maximum atomic E-state index is 9.12. The SMILES string of the molecule is N#Cc1ccccc1CN1CC(O)C1. The molecule has 1 aromatic carbocycles. The lowest BCUT2D eigenvalue weighted by molar-refractivity contribution is -0.00290. The number of aliphatic hydroxyl groups is 1. The van der Waals surface area contributed by atoms with Crippen LogP contribution in [0.25, 0.3) is 0 Å². The molecule has 3 nitrogen and oxygen atoms in total. The molecule has 1 N–H and O–H groups in total. The second-order valence-corrected chi connectivity index (χ2v) is 3.62. The predicted molar refractivity (Wildman–Crippen MR) is 52.4 cm³/mol. The van der Waals surface area contributed by atoms with Gasteiger partial charge >= 0.3 is 0 Å². The largest absolute Gasteiger partial charge is 0.390 e. The van der Waals surface area contributed by atoms with E-state index in [4.69, 9.17) is 10.4 Å². The van der Waals surface area contributed by atoms with Gasteiger partial charge in [-0.05, 0) is 11.6 Å². The Hall–Kier alpha value is -1.37. The lowest BCUT2D eigenvalue weighted by Crippen LogP contribution is -2.49. The molecule has 0 amide bonds. The van der Waals surface area contributed by atoms with Gasteiger partial charge in [0.05, 0.1) is 17.7 Å². The van der Waals surface area contributed by atoms with E-state index in [1.165, 1.54) is 0 Å². The average Bonchev–Trinajstić information content (AvgIpc) is 2.16. The van der Waals surface area contributed by atoms with Crippen LogP contribution in [0.3, 0.4) is 0 Å². The first-order valence-electron chi connectivity index (χ1n) is 4.68. The van der Waals surface area contributed by atoms with Gasteiger partial charge in [0.1, 0.15) is 0 Å². The zero-order valence-electron chi connectivity index (χ0n) is 7.85. The minimum Gasteiger partial charge on any atom is -0.390 e. The van der Waals surface area contributed by atoms with Crippen LogP contribution in [0.5, 0.6) is 0 Å². The van der Waals surface area contributed by atoms with Gasteiger partial charge in [0.25, 0.3) is 0 Å². The number of β-amino-alcohol motifs (C(OH)–C–C–N with tert-alkyl or cyclic N) is 1. The number of likely N-dealkylation sites (tertiary alicyclic amines) is 1. The number of benzene rings is 1. The zero-order chi connectivity index (χ0) is 9.97. The highest BCUT2D eigenvalue weighted by Gasteiger charge is 2.24. The molecule has 1 saturated heterocycles. The van der Waals surface area contributed by atoms with Crippen molar-refractivity contribution in [1.82, 2.24) is 4.90 Å². The molecule has 1 fully saturated rings. The van der Waals surface area contributed by atoms with Crippen molar-refractivity contribution in [3.8, 4) is 6.07 Å². The summed E-state index contributed by atoms with van der Waals surface area (Å²) in [6.45, 7) is 2.21. The van der Waals surface area contributed by atoms with Crippen molar-refractivity contribution in [2.24, 2.45) is 0 Å². The third-order valence-electron chi connectivity index (χ3n) is 2.47. The molecule has 1 aliphatic heterocycles. The van der Waals surface area contributed by atoms with E-state index in [1.54, 1.807) is 0 Å². The van der Waals surface area contributed by atoms with Crippen molar-refractivity contribution in [2.75, 3.05) is 13.1 Å². The second kappa shape index (κ2) is 3.79. The number of hydrogen-bond acceptors (Lipinski definition) is 3. The van der Waals surface area contributed by atoms with E-state index in [9.17, 15) is 0 Å². The molecular weight excluding hydrogens is 176 g/mol. The van der Waals surface area contributed by atoms with Gasteiger partial charge in [-0.1, -0.05) is 18.2 Å². The van der Waals surface area contributed by atoms with Crippen molar-refractivity contribution in [3.05, 3.63) is 35.4 Å². The summed E-state index contributed by atoms with van der Waals surface area (Å²) in [6, 6.07) is 9.76. The molecular formula is C11H12N2O. The normalized spacial score (nSPS) is 17.4. The molecule has 14 heavy (non-hydrogen) atoms. The Morgan fingerprint density at radius 3 is 2.79 bits per heavy atom. The van der Waals surface area contributed by atoms with E-state index < -0.39 is 0 Å². The van der Waals surface area contributed by atoms with Gasteiger partial charge in [0, 0.05) is 19.6 Å². The Balaban J connectivity index is 2.06. The first-order chi connectivity index (χ1) is 6.79. The molecule has 3 heteroatoms. The first-order valence-corrected chi connectivity index (χ1v) is 4.68. The van der Waals surface area contributed by atoms with Crippen LogP contribution < -0.4 is 0 Å². The van der Waals surface area contributed by atoms with Gasteiger partial charge in [-0.3, -0.25) is 4.90 Å². The van der Waals surface area contributed by atoms with Crippen LogP contribution >= 0.6 is 0 Å². The Bertz CT molecular complexity index is 364. The van der Waals surface area contributed by atoms with E-state index in [-0.39, 0.29) is 6.10 Å². The van der Waals surface area contributed by atoms with Crippen molar-refractivity contribution in [1.29, 1.82) is 5.26 Å². The summed E-state index contributed by atoms with van der Waals surface area (Å²) < 4.78 is 0. The van der Waals surface area contributed by atoms with Crippen LogP contribution in [0.2, 0.25) is 0 Å². The molecule has 0 spiro atoms. The number of aliphatic hydroxyl groups excluding tert-OH is 1. The number of rotatable bonds is 2. The van der Waals surface area contributed by atoms with Crippen LogP contribution in [-0.4, -0.2) is 29.2 Å². The van der Waals surface area contributed by atoms with E-state index in [0.717, 1.165) is 30.8 Å². The molecule has 0 aliphatic carbocycles. The van der Waals surface area contributed by atoms with Crippen molar-refractivity contribution >= 4 is 0 Å². The van der Waals surface area contributed by atoms with Gasteiger partial charge in [-0.2, -0.15) is 5.26 Å². The summed E-state index contributed by atoms with van der Waals surface area (Å²) in [5.41, 5.74) is 1.77. The van der Waals surface area contributed by atoms with Gasteiger partial charge in [-0.15, -0.1) is 0 Å². The Morgan fingerprint density at radius 2 is 2.14 bits per heavy atom. The molecule has 72 valence electrons. The van der Waals surface area contributed by atoms with Crippen molar-refractivity contribution < 1.29 is 5.11 Å². The lowest BCUT2D eigenvalue weighted by Gasteiger charge is -2.35. The van der Waals surface area contributed by atoms with Crippen molar-refractivity contribution in [3.63, 3.8) is 0 Å². The molecule has 1 heterocycles. The van der Waals surface area contributed by atoms with Crippen LogP contribution in [0.1, 0.15) is 11.1 Å². The molecule has 0 unspecified atom stereocenters. The summed E-state index contributed by atoms with van der Waals surface area (Å²) in [5, 5.41) is 18.0. The monoisotopic (exact) mass is 188 g/mol. The quantitative estimate of drug-likeness (QED) is 0.744. The lowest BCUT2D eigenvalue weighted by atomic mass is 10.1. The molecule has 0 saturated carbocycles. The maximum absolute atomic E-state index is 9.12. The highest BCUT2D eigenvalue weighted by Crippen LogP contribution is 2.15. The van der Waals surface area contributed by atoms with E-state index in [0.29, 0.717) is 0 Å². The van der Waals surface area contributed by atoms with Gasteiger partial charge in [-0.25, -0.2) is 0 Å². The fraction of sp³-hybridized carbons (Fsp3) is 0.364. The molecule has 1 aromatic rings. The Kier molecular flexibility index (Phi) is 2.49. The Labute approximate surface area is 83.2 Å². The van der Waals surface area contributed by atoms with Gasteiger partial charge in [0.2, 0.25) is 0 Å². The van der Waals surface area contributed by atoms with Crippen LogP contribution in [0.4, 0.5) is 0 Å². The molecule has 0 radical (unpaired) electrons. The minimum atomic E-state index is -0.177. The average molecular weight is 188 g/mol. The summed E-state index contributed by atoms with van der Waals surface area (Å²) >= 11 is 0. The second-order valence-electron chi connectivity index (χ2n) is 3.62. The standard InChI is InChI=1S/C11H12N2O/c12-5-9-3-1-2-4-10(9)6-13-7-11(14)8-13/h1-4,11,14H,6-8H2. The predicted octanol–water partition coefficient (Wildman–Crippen LogP) is 0.735.